The van der Waals surface area contributed by atoms with Gasteiger partial charge in [0.15, 0.2) is 5.82 Å². The number of hydrogen-bond acceptors (Lipinski definition) is 7. The molecule has 7 heteroatoms. The summed E-state index contributed by atoms with van der Waals surface area (Å²) in [4.78, 5) is 23.9. The van der Waals surface area contributed by atoms with E-state index in [2.05, 4.69) is 35.1 Å². The Morgan fingerprint density at radius 3 is 2.52 bits per heavy atom. The quantitative estimate of drug-likeness (QED) is 0.916. The van der Waals surface area contributed by atoms with Crippen LogP contribution in [0.3, 0.4) is 0 Å². The maximum absolute atomic E-state index is 4.59. The van der Waals surface area contributed by atoms with Crippen molar-refractivity contribution in [3.05, 3.63) is 18.7 Å². The van der Waals surface area contributed by atoms with Gasteiger partial charge in [0.1, 0.15) is 6.33 Å². The van der Waals surface area contributed by atoms with Crippen LogP contribution < -0.4 is 10.2 Å². The molecule has 2 aromatic heterocycles. The molecular formula is C14H19N7. The molecule has 0 radical (unpaired) electrons. The summed E-state index contributed by atoms with van der Waals surface area (Å²) in [5.41, 5.74) is 0.803. The highest BCUT2D eigenvalue weighted by Crippen LogP contribution is 2.21. The van der Waals surface area contributed by atoms with Gasteiger partial charge in [-0.15, -0.1) is 0 Å². The number of rotatable bonds is 4. The molecule has 0 aliphatic carbocycles. The van der Waals surface area contributed by atoms with Gasteiger partial charge in [-0.05, 0) is 26.2 Å². The van der Waals surface area contributed by atoms with E-state index in [1.165, 1.54) is 25.6 Å². The number of piperidine rings is 1. The van der Waals surface area contributed by atoms with Crippen molar-refractivity contribution in [3.8, 4) is 11.4 Å². The predicted octanol–water partition coefficient (Wildman–Crippen LogP) is 1.75. The summed E-state index contributed by atoms with van der Waals surface area (Å²) in [6.45, 7) is 4.80. The molecule has 3 heterocycles. The Bertz CT molecular complexity index is 581. The second-order valence-corrected chi connectivity index (χ2v) is 4.99. The summed E-state index contributed by atoms with van der Waals surface area (Å²) in [5, 5.41) is 3.17. The van der Waals surface area contributed by atoms with Crippen molar-refractivity contribution in [1.29, 1.82) is 0 Å². The molecule has 1 N–H and O–H groups in total. The zero-order valence-electron chi connectivity index (χ0n) is 12.2. The average molecular weight is 285 g/mol. The first-order valence-corrected chi connectivity index (χ1v) is 7.37. The van der Waals surface area contributed by atoms with Crippen LogP contribution in [-0.2, 0) is 0 Å². The molecule has 0 spiro atoms. The van der Waals surface area contributed by atoms with Crippen molar-refractivity contribution < 1.29 is 0 Å². The minimum Gasteiger partial charge on any atom is -0.354 e. The maximum atomic E-state index is 4.59. The first-order valence-electron chi connectivity index (χ1n) is 7.37. The van der Waals surface area contributed by atoms with E-state index in [9.17, 15) is 0 Å². The smallest absolute Gasteiger partial charge is 0.230 e. The minimum atomic E-state index is 0.604. The third-order valence-electron chi connectivity index (χ3n) is 3.42. The van der Waals surface area contributed by atoms with Crippen molar-refractivity contribution in [2.45, 2.75) is 26.2 Å². The van der Waals surface area contributed by atoms with Gasteiger partial charge < -0.3 is 10.2 Å². The molecule has 1 aliphatic rings. The predicted molar refractivity (Wildman–Crippen MR) is 81.1 cm³/mol. The molecule has 3 rings (SSSR count). The SMILES string of the molecule is CCNc1nc(-c2cncnc2)nc(N2CCCCC2)n1. The summed E-state index contributed by atoms with van der Waals surface area (Å²) in [6, 6.07) is 0. The van der Waals surface area contributed by atoms with Crippen LogP contribution >= 0.6 is 0 Å². The number of nitrogens with zero attached hydrogens (tertiary/aromatic N) is 6. The maximum Gasteiger partial charge on any atom is 0.230 e. The molecule has 0 saturated carbocycles. The highest BCUT2D eigenvalue weighted by atomic mass is 15.3. The fourth-order valence-corrected chi connectivity index (χ4v) is 2.38. The third kappa shape index (κ3) is 3.24. The normalized spacial score (nSPS) is 15.0. The molecule has 110 valence electrons. The molecule has 1 saturated heterocycles. The molecule has 2 aromatic rings. The fourth-order valence-electron chi connectivity index (χ4n) is 2.38. The van der Waals surface area contributed by atoms with E-state index < -0.39 is 0 Å². The number of hydrogen-bond donors (Lipinski definition) is 1. The molecule has 21 heavy (non-hydrogen) atoms. The highest BCUT2D eigenvalue weighted by Gasteiger charge is 2.16. The summed E-state index contributed by atoms with van der Waals surface area (Å²) in [6.07, 6.45) is 8.59. The summed E-state index contributed by atoms with van der Waals surface area (Å²) in [5.74, 6) is 1.95. The van der Waals surface area contributed by atoms with Crippen LogP contribution in [-0.4, -0.2) is 44.6 Å². The Kier molecular flexibility index (Phi) is 4.18. The lowest BCUT2D eigenvalue weighted by Gasteiger charge is -2.27. The monoisotopic (exact) mass is 285 g/mol. The van der Waals surface area contributed by atoms with Crippen molar-refractivity contribution in [2.24, 2.45) is 0 Å². The average Bonchev–Trinajstić information content (AvgIpc) is 2.56. The second kappa shape index (κ2) is 6.43. The van der Waals surface area contributed by atoms with Crippen LogP contribution in [0.15, 0.2) is 18.7 Å². The van der Waals surface area contributed by atoms with E-state index in [4.69, 9.17) is 0 Å². The van der Waals surface area contributed by atoms with Crippen LogP contribution in [0.5, 0.6) is 0 Å². The molecule has 0 bridgehead atoms. The minimum absolute atomic E-state index is 0.604. The van der Waals surface area contributed by atoms with E-state index in [1.807, 2.05) is 6.92 Å². The summed E-state index contributed by atoms with van der Waals surface area (Å²) in [7, 11) is 0. The standard InChI is InChI=1S/C14H19N7/c1-2-17-13-18-12(11-8-15-10-16-9-11)19-14(20-13)21-6-4-3-5-7-21/h8-10H,2-7H2,1H3,(H,17,18,19,20). The highest BCUT2D eigenvalue weighted by molar-refractivity contribution is 5.56. The van der Waals surface area contributed by atoms with Crippen molar-refractivity contribution in [2.75, 3.05) is 29.9 Å². The summed E-state index contributed by atoms with van der Waals surface area (Å²) >= 11 is 0. The van der Waals surface area contributed by atoms with Crippen molar-refractivity contribution in [1.82, 2.24) is 24.9 Å². The first kappa shape index (κ1) is 13.7. The van der Waals surface area contributed by atoms with E-state index in [0.717, 1.165) is 31.1 Å². The molecule has 1 fully saturated rings. The largest absolute Gasteiger partial charge is 0.354 e. The molecule has 7 nitrogen and oxygen atoms in total. The molecule has 1 aliphatic heterocycles. The van der Waals surface area contributed by atoms with Gasteiger partial charge in [0.25, 0.3) is 0 Å². The van der Waals surface area contributed by atoms with Crippen LogP contribution in [0.4, 0.5) is 11.9 Å². The van der Waals surface area contributed by atoms with E-state index in [1.54, 1.807) is 12.4 Å². The van der Waals surface area contributed by atoms with Gasteiger partial charge in [-0.2, -0.15) is 15.0 Å². The van der Waals surface area contributed by atoms with E-state index >= 15 is 0 Å². The lowest BCUT2D eigenvalue weighted by atomic mass is 10.1. The van der Waals surface area contributed by atoms with Gasteiger partial charge in [0.2, 0.25) is 11.9 Å². The molecular weight excluding hydrogens is 266 g/mol. The van der Waals surface area contributed by atoms with Crippen LogP contribution in [0, 0.1) is 0 Å². The fraction of sp³-hybridized carbons (Fsp3) is 0.500. The second-order valence-electron chi connectivity index (χ2n) is 4.99. The Morgan fingerprint density at radius 2 is 1.81 bits per heavy atom. The van der Waals surface area contributed by atoms with Crippen LogP contribution in [0.25, 0.3) is 11.4 Å². The van der Waals surface area contributed by atoms with Crippen LogP contribution in [0.2, 0.25) is 0 Å². The number of anilines is 2. The zero-order valence-corrected chi connectivity index (χ0v) is 12.2. The van der Waals surface area contributed by atoms with Crippen LogP contribution in [0.1, 0.15) is 26.2 Å². The molecule has 0 unspecified atom stereocenters. The van der Waals surface area contributed by atoms with Gasteiger partial charge in [-0.1, -0.05) is 0 Å². The molecule has 0 amide bonds. The Balaban J connectivity index is 1.97. The Labute approximate surface area is 123 Å². The third-order valence-corrected chi connectivity index (χ3v) is 3.42. The van der Waals surface area contributed by atoms with E-state index in [-0.39, 0.29) is 0 Å². The Morgan fingerprint density at radius 1 is 1.05 bits per heavy atom. The van der Waals surface area contributed by atoms with Gasteiger partial charge in [-0.25, -0.2) is 9.97 Å². The topological polar surface area (TPSA) is 79.7 Å². The van der Waals surface area contributed by atoms with Gasteiger partial charge in [0.05, 0.1) is 5.56 Å². The number of aromatic nitrogens is 5. The number of nitrogens with one attached hydrogen (secondary N) is 1. The Hall–Kier alpha value is -2.31. The van der Waals surface area contributed by atoms with Gasteiger partial charge >= 0.3 is 0 Å². The van der Waals surface area contributed by atoms with Crippen molar-refractivity contribution >= 4 is 11.9 Å². The lowest BCUT2D eigenvalue weighted by Crippen LogP contribution is -2.31. The van der Waals surface area contributed by atoms with E-state index in [0.29, 0.717) is 11.8 Å². The first-order chi connectivity index (χ1) is 10.4. The zero-order chi connectivity index (χ0) is 14.5. The van der Waals surface area contributed by atoms with Gasteiger partial charge in [-0.3, -0.25) is 0 Å². The van der Waals surface area contributed by atoms with Gasteiger partial charge in [0, 0.05) is 32.0 Å². The van der Waals surface area contributed by atoms with Crippen molar-refractivity contribution in [3.63, 3.8) is 0 Å². The molecule has 0 aromatic carbocycles. The lowest BCUT2D eigenvalue weighted by molar-refractivity contribution is 0.568. The summed E-state index contributed by atoms with van der Waals surface area (Å²) < 4.78 is 0. The molecule has 0 atom stereocenters.